The molecule has 0 spiro atoms. The van der Waals surface area contributed by atoms with Crippen molar-refractivity contribution < 1.29 is 14.3 Å². The highest BCUT2D eigenvalue weighted by atomic mass is 16.4. The Balaban J connectivity index is 1.97. The maximum atomic E-state index is 11.1. The molecule has 1 aromatic rings. The van der Waals surface area contributed by atoms with E-state index < -0.39 is 5.97 Å². The second-order valence-electron chi connectivity index (χ2n) is 5.66. The Morgan fingerprint density at radius 2 is 2.21 bits per heavy atom. The first kappa shape index (κ1) is 14.1. The molecule has 0 amide bonds. The fraction of sp³-hybridized carbons (Fsp3) is 0.667. The van der Waals surface area contributed by atoms with Crippen molar-refractivity contribution in [2.24, 2.45) is 5.92 Å². The summed E-state index contributed by atoms with van der Waals surface area (Å²) in [5.74, 6) is 1.02. The van der Waals surface area contributed by atoms with Crippen molar-refractivity contribution in [3.05, 3.63) is 23.2 Å². The second-order valence-corrected chi connectivity index (χ2v) is 5.66. The normalized spacial score (nSPS) is 25.2. The van der Waals surface area contributed by atoms with E-state index in [4.69, 9.17) is 9.52 Å². The molecule has 2 rings (SSSR count). The van der Waals surface area contributed by atoms with Crippen LogP contribution in [0, 0.1) is 19.8 Å². The number of carboxylic acid groups (broad SMARTS) is 1. The summed E-state index contributed by atoms with van der Waals surface area (Å²) in [6, 6.07) is 2.55. The summed E-state index contributed by atoms with van der Waals surface area (Å²) in [4.78, 5) is 11.1. The Kier molecular flexibility index (Phi) is 4.30. The SMILES string of the molecule is Cc1cc(C(C)NC2CCCC(C(=O)O)C2)c(C)o1. The van der Waals surface area contributed by atoms with Crippen LogP contribution in [0.3, 0.4) is 0 Å². The molecular formula is C15H23NO3. The van der Waals surface area contributed by atoms with Gasteiger partial charge in [0.05, 0.1) is 5.92 Å². The van der Waals surface area contributed by atoms with Gasteiger partial charge in [0, 0.05) is 17.6 Å². The van der Waals surface area contributed by atoms with Crippen molar-refractivity contribution in [1.29, 1.82) is 0 Å². The smallest absolute Gasteiger partial charge is 0.306 e. The van der Waals surface area contributed by atoms with E-state index in [1.165, 1.54) is 5.56 Å². The monoisotopic (exact) mass is 265 g/mol. The Morgan fingerprint density at radius 3 is 2.79 bits per heavy atom. The molecule has 3 unspecified atom stereocenters. The number of hydrogen-bond donors (Lipinski definition) is 2. The van der Waals surface area contributed by atoms with E-state index in [2.05, 4.69) is 18.3 Å². The van der Waals surface area contributed by atoms with Crippen LogP contribution in [0.5, 0.6) is 0 Å². The zero-order chi connectivity index (χ0) is 14.0. The standard InChI is InChI=1S/C15H23NO3/c1-9-7-14(11(3)19-9)10(2)16-13-6-4-5-12(8-13)15(17)18/h7,10,12-13,16H,4-6,8H2,1-3H3,(H,17,18). The van der Waals surface area contributed by atoms with Crippen LogP contribution >= 0.6 is 0 Å². The molecule has 1 aromatic heterocycles. The van der Waals surface area contributed by atoms with Crippen LogP contribution in [0.25, 0.3) is 0 Å². The maximum absolute atomic E-state index is 11.1. The van der Waals surface area contributed by atoms with Crippen LogP contribution in [0.15, 0.2) is 10.5 Å². The van der Waals surface area contributed by atoms with Crippen LogP contribution in [-0.2, 0) is 4.79 Å². The molecule has 1 heterocycles. The summed E-state index contributed by atoms with van der Waals surface area (Å²) in [5, 5.41) is 12.7. The minimum absolute atomic E-state index is 0.189. The predicted molar refractivity (Wildman–Crippen MR) is 73.1 cm³/mol. The van der Waals surface area contributed by atoms with Gasteiger partial charge in [-0.15, -0.1) is 0 Å². The van der Waals surface area contributed by atoms with Crippen molar-refractivity contribution in [3.63, 3.8) is 0 Å². The quantitative estimate of drug-likeness (QED) is 0.877. The lowest BCUT2D eigenvalue weighted by Gasteiger charge is -2.30. The minimum Gasteiger partial charge on any atom is -0.481 e. The molecule has 1 aliphatic rings. The summed E-state index contributed by atoms with van der Waals surface area (Å²) < 4.78 is 5.55. The fourth-order valence-corrected chi connectivity index (χ4v) is 3.09. The average molecular weight is 265 g/mol. The number of aliphatic carboxylic acids is 1. The van der Waals surface area contributed by atoms with E-state index in [1.807, 2.05) is 13.8 Å². The highest BCUT2D eigenvalue weighted by Gasteiger charge is 2.28. The summed E-state index contributed by atoms with van der Waals surface area (Å²) in [7, 11) is 0. The van der Waals surface area contributed by atoms with Crippen molar-refractivity contribution >= 4 is 5.97 Å². The van der Waals surface area contributed by atoms with Crippen molar-refractivity contribution in [3.8, 4) is 0 Å². The van der Waals surface area contributed by atoms with Crippen molar-refractivity contribution in [2.75, 3.05) is 0 Å². The van der Waals surface area contributed by atoms with Gasteiger partial charge in [-0.25, -0.2) is 0 Å². The first-order valence-corrected chi connectivity index (χ1v) is 7.03. The van der Waals surface area contributed by atoms with Gasteiger partial charge in [-0.3, -0.25) is 4.79 Å². The molecule has 4 nitrogen and oxygen atoms in total. The Hall–Kier alpha value is -1.29. The number of hydrogen-bond acceptors (Lipinski definition) is 3. The number of carbonyl (C=O) groups is 1. The van der Waals surface area contributed by atoms with Gasteiger partial charge in [-0.05, 0) is 46.1 Å². The van der Waals surface area contributed by atoms with Gasteiger partial charge in [-0.1, -0.05) is 6.42 Å². The molecule has 4 heteroatoms. The largest absolute Gasteiger partial charge is 0.481 e. The maximum Gasteiger partial charge on any atom is 0.306 e. The van der Waals surface area contributed by atoms with E-state index >= 15 is 0 Å². The number of rotatable bonds is 4. The minimum atomic E-state index is -0.658. The third-order valence-corrected chi connectivity index (χ3v) is 4.06. The summed E-state index contributed by atoms with van der Waals surface area (Å²) >= 11 is 0. The topological polar surface area (TPSA) is 62.5 Å². The van der Waals surface area contributed by atoms with Gasteiger partial charge in [0.15, 0.2) is 0 Å². The Morgan fingerprint density at radius 1 is 1.47 bits per heavy atom. The van der Waals surface area contributed by atoms with Crippen molar-refractivity contribution in [1.82, 2.24) is 5.32 Å². The lowest BCUT2D eigenvalue weighted by Crippen LogP contribution is -2.37. The molecular weight excluding hydrogens is 242 g/mol. The summed E-state index contributed by atoms with van der Waals surface area (Å²) in [5.41, 5.74) is 1.18. The van der Waals surface area contributed by atoms with Gasteiger partial charge in [0.25, 0.3) is 0 Å². The van der Waals surface area contributed by atoms with Crippen LogP contribution in [-0.4, -0.2) is 17.1 Å². The predicted octanol–water partition coefficient (Wildman–Crippen LogP) is 3.19. The molecule has 3 atom stereocenters. The lowest BCUT2D eigenvalue weighted by molar-refractivity contribution is -0.143. The third-order valence-electron chi connectivity index (χ3n) is 4.06. The van der Waals surface area contributed by atoms with Gasteiger partial charge in [-0.2, -0.15) is 0 Å². The summed E-state index contributed by atoms with van der Waals surface area (Å²) in [6.45, 7) is 6.04. The van der Waals surface area contributed by atoms with E-state index in [0.29, 0.717) is 6.04 Å². The highest BCUT2D eigenvalue weighted by molar-refractivity contribution is 5.70. The van der Waals surface area contributed by atoms with Gasteiger partial charge in [0.2, 0.25) is 0 Å². The average Bonchev–Trinajstić information content (AvgIpc) is 2.69. The van der Waals surface area contributed by atoms with E-state index in [1.54, 1.807) is 0 Å². The third kappa shape index (κ3) is 3.38. The number of carboxylic acids is 1. The fourth-order valence-electron chi connectivity index (χ4n) is 3.09. The molecule has 1 saturated carbocycles. The van der Waals surface area contributed by atoms with E-state index in [0.717, 1.165) is 37.2 Å². The van der Waals surface area contributed by atoms with E-state index in [-0.39, 0.29) is 12.0 Å². The number of aryl methyl sites for hydroxylation is 2. The van der Waals surface area contributed by atoms with Crippen LogP contribution in [0.2, 0.25) is 0 Å². The molecule has 106 valence electrons. The molecule has 2 N–H and O–H groups in total. The van der Waals surface area contributed by atoms with Crippen molar-refractivity contribution in [2.45, 2.75) is 58.5 Å². The lowest BCUT2D eigenvalue weighted by atomic mass is 9.85. The Labute approximate surface area is 114 Å². The molecule has 0 saturated heterocycles. The number of furan rings is 1. The summed E-state index contributed by atoms with van der Waals surface area (Å²) in [6.07, 6.45) is 3.59. The van der Waals surface area contributed by atoms with Crippen LogP contribution in [0.1, 0.15) is 55.7 Å². The number of nitrogens with one attached hydrogen (secondary N) is 1. The van der Waals surface area contributed by atoms with E-state index in [9.17, 15) is 4.79 Å². The molecule has 0 aliphatic heterocycles. The molecule has 19 heavy (non-hydrogen) atoms. The second kappa shape index (κ2) is 5.78. The molecule has 1 aliphatic carbocycles. The van der Waals surface area contributed by atoms with Gasteiger partial charge < -0.3 is 14.8 Å². The van der Waals surface area contributed by atoms with Gasteiger partial charge in [0.1, 0.15) is 11.5 Å². The molecule has 1 fully saturated rings. The highest BCUT2D eigenvalue weighted by Crippen LogP contribution is 2.28. The molecule has 0 radical (unpaired) electrons. The first-order valence-electron chi connectivity index (χ1n) is 7.03. The van der Waals surface area contributed by atoms with Gasteiger partial charge >= 0.3 is 5.97 Å². The Bertz CT molecular complexity index is 452. The molecule has 0 bridgehead atoms. The zero-order valence-electron chi connectivity index (χ0n) is 11.9. The molecule has 0 aromatic carbocycles. The zero-order valence-corrected chi connectivity index (χ0v) is 11.9. The van der Waals surface area contributed by atoms with Crippen LogP contribution in [0.4, 0.5) is 0 Å². The van der Waals surface area contributed by atoms with Crippen LogP contribution < -0.4 is 5.32 Å². The first-order chi connectivity index (χ1) is 8.97.